The van der Waals surface area contributed by atoms with Crippen LogP contribution in [0, 0.1) is 11.6 Å². The molecule has 2 atom stereocenters. The summed E-state index contributed by atoms with van der Waals surface area (Å²) in [5, 5.41) is 14.1. The second-order valence-corrected chi connectivity index (χ2v) is 10.1. The van der Waals surface area contributed by atoms with E-state index >= 15 is 0 Å². The van der Waals surface area contributed by atoms with Gasteiger partial charge in [-0.15, -0.1) is 10.2 Å². The number of amides is 2. The van der Waals surface area contributed by atoms with E-state index in [4.69, 9.17) is 9.47 Å². The fourth-order valence-corrected chi connectivity index (χ4v) is 4.16. The number of hydrogen-bond acceptors (Lipinski definition) is 7. The number of benzene rings is 2. The van der Waals surface area contributed by atoms with Crippen LogP contribution < -0.4 is 10.1 Å². The third-order valence-electron chi connectivity index (χ3n) is 5.94. The van der Waals surface area contributed by atoms with Crippen molar-refractivity contribution in [1.29, 1.82) is 0 Å². The predicted molar refractivity (Wildman–Crippen MR) is 133 cm³/mol. The molecule has 202 valence electrons. The van der Waals surface area contributed by atoms with Crippen LogP contribution in [0.3, 0.4) is 0 Å². The van der Waals surface area contributed by atoms with Crippen molar-refractivity contribution in [2.75, 3.05) is 19.7 Å². The summed E-state index contributed by atoms with van der Waals surface area (Å²) in [6, 6.07) is 9.63. The number of nitrogens with zero attached hydrogens (tertiary/aromatic N) is 5. The van der Waals surface area contributed by atoms with Crippen LogP contribution in [0.2, 0.25) is 0 Å². The van der Waals surface area contributed by atoms with E-state index in [-0.39, 0.29) is 36.2 Å². The number of carbonyl (C=O) groups is 2. The Kier molecular flexibility index (Phi) is 8.18. The molecular formula is C26H30F2N6O4. The summed E-state index contributed by atoms with van der Waals surface area (Å²) >= 11 is 0. The number of halogens is 2. The number of aromatic nitrogens is 4. The number of hydrogen-bond donors (Lipinski definition) is 1. The highest BCUT2D eigenvalue weighted by molar-refractivity contribution is 5.94. The molecule has 0 radical (unpaired) electrons. The zero-order chi connectivity index (χ0) is 27.3. The first-order valence-corrected chi connectivity index (χ1v) is 12.2. The first kappa shape index (κ1) is 27.0. The second kappa shape index (κ2) is 11.5. The lowest BCUT2D eigenvalue weighted by Gasteiger charge is -2.23. The average Bonchev–Trinajstić information content (AvgIpc) is 3.54. The second-order valence-electron chi connectivity index (χ2n) is 10.1. The van der Waals surface area contributed by atoms with Gasteiger partial charge in [0, 0.05) is 25.1 Å². The summed E-state index contributed by atoms with van der Waals surface area (Å²) < 4.78 is 39.2. The maximum Gasteiger partial charge on any atom is 0.408 e. The number of likely N-dealkylation sites (tertiary alicyclic amines) is 1. The Hall–Kier alpha value is -4.09. The predicted octanol–water partition coefficient (Wildman–Crippen LogP) is 3.55. The van der Waals surface area contributed by atoms with Gasteiger partial charge in [-0.3, -0.25) is 4.79 Å². The summed E-state index contributed by atoms with van der Waals surface area (Å²) in [6.45, 7) is 6.24. The molecule has 0 saturated carbocycles. The van der Waals surface area contributed by atoms with Crippen molar-refractivity contribution < 1.29 is 27.8 Å². The minimum absolute atomic E-state index is 0.0427. The van der Waals surface area contributed by atoms with E-state index in [2.05, 4.69) is 20.7 Å². The lowest BCUT2D eigenvalue weighted by Crippen LogP contribution is -2.44. The number of alkyl carbamates (subject to hydrolysis) is 1. The largest absolute Gasteiger partial charge is 0.491 e. The molecule has 1 aliphatic rings. The summed E-state index contributed by atoms with van der Waals surface area (Å²) in [4.78, 5) is 28.1. The lowest BCUT2D eigenvalue weighted by molar-refractivity contribution is 0.0477. The van der Waals surface area contributed by atoms with Crippen LogP contribution in [0.1, 0.15) is 49.0 Å². The van der Waals surface area contributed by atoms with E-state index in [9.17, 15) is 18.4 Å². The van der Waals surface area contributed by atoms with Crippen molar-refractivity contribution in [3.05, 3.63) is 71.6 Å². The molecule has 3 aromatic rings. The van der Waals surface area contributed by atoms with Crippen LogP contribution in [-0.2, 0) is 11.3 Å². The Morgan fingerprint density at radius 3 is 2.58 bits per heavy atom. The monoisotopic (exact) mass is 528 g/mol. The van der Waals surface area contributed by atoms with Crippen molar-refractivity contribution in [2.24, 2.45) is 0 Å². The van der Waals surface area contributed by atoms with Crippen LogP contribution in [0.15, 0.2) is 48.8 Å². The molecule has 12 heteroatoms. The van der Waals surface area contributed by atoms with E-state index in [1.54, 1.807) is 37.8 Å². The highest BCUT2D eigenvalue weighted by atomic mass is 19.1. The van der Waals surface area contributed by atoms with Gasteiger partial charge >= 0.3 is 6.09 Å². The minimum atomic E-state index is -0.715. The van der Waals surface area contributed by atoms with E-state index in [1.807, 2.05) is 0 Å². The molecule has 4 rings (SSSR count). The normalized spacial score (nSPS) is 16.2. The minimum Gasteiger partial charge on any atom is -0.491 e. The van der Waals surface area contributed by atoms with Crippen molar-refractivity contribution in [3.8, 4) is 5.75 Å². The maximum absolute atomic E-state index is 15.0. The van der Waals surface area contributed by atoms with Crippen LogP contribution >= 0.6 is 0 Å². The van der Waals surface area contributed by atoms with E-state index < -0.39 is 29.5 Å². The summed E-state index contributed by atoms with van der Waals surface area (Å²) in [6.07, 6.45) is 1.33. The molecule has 0 spiro atoms. The number of tetrazole rings is 1. The third-order valence-corrected chi connectivity index (χ3v) is 5.94. The maximum atomic E-state index is 15.0. The summed E-state index contributed by atoms with van der Waals surface area (Å²) in [7, 11) is 0. The number of rotatable bonds is 8. The van der Waals surface area contributed by atoms with Gasteiger partial charge in [-0.05, 0) is 62.2 Å². The van der Waals surface area contributed by atoms with Crippen LogP contribution in [0.25, 0.3) is 0 Å². The van der Waals surface area contributed by atoms with Gasteiger partial charge in [0.05, 0.1) is 18.2 Å². The van der Waals surface area contributed by atoms with Gasteiger partial charge in [0.25, 0.3) is 5.91 Å². The number of ether oxygens (including phenoxy) is 2. The molecule has 1 fully saturated rings. The van der Waals surface area contributed by atoms with Gasteiger partial charge in [0.1, 0.15) is 29.6 Å². The van der Waals surface area contributed by atoms with E-state index in [0.29, 0.717) is 19.5 Å². The molecule has 1 saturated heterocycles. The lowest BCUT2D eigenvalue weighted by atomic mass is 9.98. The van der Waals surface area contributed by atoms with Gasteiger partial charge in [-0.1, -0.05) is 12.1 Å². The van der Waals surface area contributed by atoms with Crippen molar-refractivity contribution >= 4 is 12.0 Å². The topological polar surface area (TPSA) is 111 Å². The van der Waals surface area contributed by atoms with Gasteiger partial charge in [-0.25, -0.2) is 13.6 Å². The Balaban J connectivity index is 1.37. The smallest absolute Gasteiger partial charge is 0.408 e. The molecule has 1 unspecified atom stereocenters. The molecular weight excluding hydrogens is 498 g/mol. The van der Waals surface area contributed by atoms with Crippen molar-refractivity contribution in [2.45, 2.75) is 51.3 Å². The molecule has 2 heterocycles. The van der Waals surface area contributed by atoms with Gasteiger partial charge in [-0.2, -0.15) is 4.80 Å². The molecule has 1 aliphatic heterocycles. The molecule has 2 amide bonds. The first-order valence-electron chi connectivity index (χ1n) is 12.2. The van der Waals surface area contributed by atoms with Crippen molar-refractivity contribution in [3.63, 3.8) is 0 Å². The van der Waals surface area contributed by atoms with Crippen molar-refractivity contribution in [1.82, 2.24) is 30.4 Å². The van der Waals surface area contributed by atoms with Crippen LogP contribution in [0.5, 0.6) is 5.75 Å². The molecule has 10 nitrogen and oxygen atoms in total. The first-order chi connectivity index (χ1) is 18.1. The quantitative estimate of drug-likeness (QED) is 0.476. The Labute approximate surface area is 218 Å². The third kappa shape index (κ3) is 7.24. The zero-order valence-electron chi connectivity index (χ0n) is 21.4. The fraction of sp³-hybridized carbons (Fsp3) is 0.423. The fourth-order valence-electron chi connectivity index (χ4n) is 4.16. The summed E-state index contributed by atoms with van der Waals surface area (Å²) in [5.41, 5.74) is 0.190. The SMILES string of the molecule is CC(C)(C)OC(=O)NC(COc1ccc(C(=O)N2CC[C@H](c3ccc(F)cc3)C2)c(F)c1)Cn1ncnn1. The highest BCUT2D eigenvalue weighted by Crippen LogP contribution is 2.29. The molecule has 0 aliphatic carbocycles. The van der Waals surface area contributed by atoms with Crippen LogP contribution in [0.4, 0.5) is 13.6 Å². The molecule has 0 bridgehead atoms. The van der Waals surface area contributed by atoms with E-state index in [1.165, 1.54) is 35.4 Å². The Morgan fingerprint density at radius 1 is 1.16 bits per heavy atom. The molecule has 38 heavy (non-hydrogen) atoms. The van der Waals surface area contributed by atoms with Crippen LogP contribution in [-0.4, -0.2) is 68.4 Å². The standard InChI is InChI=1S/C26H30F2N6O4/c1-26(2,3)38-25(36)31-20(14-34-30-16-29-32-34)15-37-21-8-9-22(23(28)12-21)24(35)33-11-10-18(13-33)17-4-6-19(27)7-5-17/h4-9,12,16,18,20H,10-11,13-15H2,1-3H3,(H,31,36)/t18-,20?/m0/s1. The Morgan fingerprint density at radius 2 is 1.92 bits per heavy atom. The van der Waals surface area contributed by atoms with E-state index in [0.717, 1.165) is 11.6 Å². The Bertz CT molecular complexity index is 1250. The number of carbonyl (C=O) groups excluding carboxylic acids is 2. The molecule has 1 aromatic heterocycles. The zero-order valence-corrected chi connectivity index (χ0v) is 21.4. The molecule has 1 N–H and O–H groups in total. The number of nitrogens with one attached hydrogen (secondary N) is 1. The van der Waals surface area contributed by atoms with Gasteiger partial charge < -0.3 is 19.7 Å². The summed E-state index contributed by atoms with van der Waals surface area (Å²) in [5.74, 6) is -1.19. The highest BCUT2D eigenvalue weighted by Gasteiger charge is 2.29. The average molecular weight is 529 g/mol. The van der Waals surface area contributed by atoms with Gasteiger partial charge in [0.2, 0.25) is 0 Å². The molecule has 2 aromatic carbocycles. The van der Waals surface area contributed by atoms with Gasteiger partial charge in [0.15, 0.2) is 6.33 Å².